The van der Waals surface area contributed by atoms with Crippen molar-refractivity contribution in [2.75, 3.05) is 0 Å². The Morgan fingerprint density at radius 1 is 1.00 bits per heavy atom. The van der Waals surface area contributed by atoms with Crippen molar-refractivity contribution in [1.82, 2.24) is 16.0 Å². The number of primary amides is 1. The number of hydrogen-bond acceptors (Lipinski definition) is 5. The summed E-state index contributed by atoms with van der Waals surface area (Å²) in [5, 5.41) is 8.63. The highest BCUT2D eigenvalue weighted by atomic mass is 31.2. The van der Waals surface area contributed by atoms with Crippen LogP contribution in [0.3, 0.4) is 0 Å². The maximum Gasteiger partial charge on any atom is 0.329 e. The SMILES string of the molecule is CC(=O)N[C@@H](Cc1ccc(CP(=O)(O)O)cc1)C(=O)NC1(C(=O)N[C@@H]2CCCC[C@@H]2C(N)=O)CCCCC1. The van der Waals surface area contributed by atoms with Gasteiger partial charge in [-0.05, 0) is 36.8 Å². The molecule has 3 atom stereocenters. The van der Waals surface area contributed by atoms with Crippen LogP contribution in [0.25, 0.3) is 0 Å². The third-order valence-corrected chi connectivity index (χ3v) is 8.27. The molecule has 0 radical (unpaired) electrons. The van der Waals surface area contributed by atoms with Gasteiger partial charge < -0.3 is 31.5 Å². The Hall–Kier alpha value is -2.75. The summed E-state index contributed by atoms with van der Waals surface area (Å²) in [4.78, 5) is 69.4. The predicted molar refractivity (Wildman–Crippen MR) is 141 cm³/mol. The van der Waals surface area contributed by atoms with E-state index in [2.05, 4.69) is 16.0 Å². The minimum Gasteiger partial charge on any atom is -0.369 e. The second kappa shape index (κ2) is 12.9. The summed E-state index contributed by atoms with van der Waals surface area (Å²) in [6.45, 7) is 1.31. The highest BCUT2D eigenvalue weighted by molar-refractivity contribution is 7.50. The monoisotopic (exact) mass is 550 g/mol. The normalized spacial score (nSPS) is 22.1. The van der Waals surface area contributed by atoms with Gasteiger partial charge in [-0.15, -0.1) is 0 Å². The molecule has 12 heteroatoms. The van der Waals surface area contributed by atoms with E-state index in [1.807, 2.05) is 0 Å². The Bertz CT molecular complexity index is 1070. The van der Waals surface area contributed by atoms with E-state index in [1.54, 1.807) is 24.3 Å². The van der Waals surface area contributed by atoms with Crippen molar-refractivity contribution in [2.45, 2.75) is 94.9 Å². The quantitative estimate of drug-likeness (QED) is 0.237. The van der Waals surface area contributed by atoms with Crippen LogP contribution in [0.15, 0.2) is 24.3 Å². The summed E-state index contributed by atoms with van der Waals surface area (Å²) in [6.07, 6.45) is 6.11. The highest BCUT2D eigenvalue weighted by Gasteiger charge is 2.44. The molecule has 2 saturated carbocycles. The van der Waals surface area contributed by atoms with Crippen LogP contribution in [0, 0.1) is 5.92 Å². The highest BCUT2D eigenvalue weighted by Crippen LogP contribution is 2.39. The molecule has 1 aromatic carbocycles. The van der Waals surface area contributed by atoms with Crippen LogP contribution in [0.5, 0.6) is 0 Å². The van der Waals surface area contributed by atoms with Crippen molar-refractivity contribution in [3.05, 3.63) is 35.4 Å². The van der Waals surface area contributed by atoms with Crippen LogP contribution in [0.4, 0.5) is 0 Å². The van der Waals surface area contributed by atoms with Crippen molar-refractivity contribution in [2.24, 2.45) is 11.7 Å². The van der Waals surface area contributed by atoms with Crippen molar-refractivity contribution in [3.63, 3.8) is 0 Å². The van der Waals surface area contributed by atoms with E-state index in [9.17, 15) is 33.5 Å². The van der Waals surface area contributed by atoms with E-state index in [1.165, 1.54) is 6.92 Å². The second-order valence-corrected chi connectivity index (χ2v) is 12.2. The van der Waals surface area contributed by atoms with E-state index in [0.717, 1.165) is 32.1 Å². The molecule has 4 amide bonds. The van der Waals surface area contributed by atoms with Gasteiger partial charge >= 0.3 is 7.60 Å². The zero-order valence-corrected chi connectivity index (χ0v) is 22.7. The molecule has 1 aromatic rings. The summed E-state index contributed by atoms with van der Waals surface area (Å²) in [5.41, 5.74) is 5.57. The van der Waals surface area contributed by atoms with Gasteiger partial charge in [-0.25, -0.2) is 0 Å². The van der Waals surface area contributed by atoms with Crippen LogP contribution < -0.4 is 21.7 Å². The summed E-state index contributed by atoms with van der Waals surface area (Å²) in [6, 6.07) is 5.13. The first-order chi connectivity index (χ1) is 17.9. The zero-order valence-electron chi connectivity index (χ0n) is 21.8. The van der Waals surface area contributed by atoms with Gasteiger partial charge in [0.15, 0.2) is 0 Å². The number of benzene rings is 1. The molecule has 0 unspecified atom stereocenters. The van der Waals surface area contributed by atoms with Crippen LogP contribution in [-0.4, -0.2) is 51.0 Å². The third kappa shape index (κ3) is 8.38. The Labute approximate surface area is 222 Å². The summed E-state index contributed by atoms with van der Waals surface area (Å²) in [7, 11) is -4.21. The Balaban J connectivity index is 1.76. The number of hydrogen-bond donors (Lipinski definition) is 6. The lowest BCUT2D eigenvalue weighted by Gasteiger charge is -2.40. The number of carbonyl (C=O) groups is 4. The van der Waals surface area contributed by atoms with Gasteiger partial charge in [-0.3, -0.25) is 23.7 Å². The molecule has 3 rings (SSSR count). The number of nitrogens with one attached hydrogen (secondary N) is 3. The summed E-state index contributed by atoms with van der Waals surface area (Å²) >= 11 is 0. The first-order valence-corrected chi connectivity index (χ1v) is 15.0. The van der Waals surface area contributed by atoms with Crippen molar-refractivity contribution < 1.29 is 33.5 Å². The lowest BCUT2D eigenvalue weighted by atomic mass is 9.79. The molecular formula is C26H39N4O7P. The maximum absolute atomic E-state index is 13.6. The number of amides is 4. The predicted octanol–water partition coefficient (Wildman–Crippen LogP) is 1.39. The molecule has 0 spiro atoms. The topological polar surface area (TPSA) is 188 Å². The summed E-state index contributed by atoms with van der Waals surface area (Å²) < 4.78 is 11.3. The molecule has 0 aliphatic heterocycles. The van der Waals surface area contributed by atoms with Crippen LogP contribution in [0.2, 0.25) is 0 Å². The number of rotatable bonds is 10. The smallest absolute Gasteiger partial charge is 0.329 e. The Kier molecular flexibility index (Phi) is 10.1. The van der Waals surface area contributed by atoms with Gasteiger partial charge in [-0.1, -0.05) is 56.4 Å². The molecule has 210 valence electrons. The van der Waals surface area contributed by atoms with Crippen LogP contribution in [0.1, 0.15) is 75.8 Å². The minimum absolute atomic E-state index is 0.131. The van der Waals surface area contributed by atoms with E-state index < -0.39 is 49.0 Å². The largest absolute Gasteiger partial charge is 0.369 e. The molecule has 0 heterocycles. The van der Waals surface area contributed by atoms with Crippen molar-refractivity contribution >= 4 is 31.2 Å². The molecule has 0 aromatic heterocycles. The minimum atomic E-state index is -4.21. The van der Waals surface area contributed by atoms with Gasteiger partial charge in [-0.2, -0.15) is 0 Å². The molecule has 2 fully saturated rings. The molecule has 0 saturated heterocycles. The average Bonchev–Trinajstić information content (AvgIpc) is 2.84. The lowest BCUT2D eigenvalue weighted by molar-refractivity contribution is -0.138. The van der Waals surface area contributed by atoms with E-state index in [0.29, 0.717) is 36.8 Å². The fraction of sp³-hybridized carbons (Fsp3) is 0.615. The van der Waals surface area contributed by atoms with Gasteiger partial charge in [0, 0.05) is 19.4 Å². The molecule has 2 aliphatic rings. The maximum atomic E-state index is 13.6. The summed E-state index contributed by atoms with van der Waals surface area (Å²) in [5.74, 6) is -2.10. The van der Waals surface area contributed by atoms with Crippen LogP contribution in [-0.2, 0) is 36.3 Å². The van der Waals surface area contributed by atoms with Gasteiger partial charge in [0.25, 0.3) is 0 Å². The molecule has 0 bridgehead atoms. The first-order valence-electron chi connectivity index (χ1n) is 13.2. The van der Waals surface area contributed by atoms with E-state index in [4.69, 9.17) is 5.73 Å². The first kappa shape index (κ1) is 29.8. The zero-order chi connectivity index (χ0) is 27.9. The molecule has 7 N–H and O–H groups in total. The fourth-order valence-corrected chi connectivity index (χ4v) is 6.23. The molecule has 38 heavy (non-hydrogen) atoms. The lowest BCUT2D eigenvalue weighted by Crippen LogP contribution is -2.65. The van der Waals surface area contributed by atoms with Gasteiger partial charge in [0.2, 0.25) is 23.6 Å². The van der Waals surface area contributed by atoms with Crippen molar-refractivity contribution in [3.8, 4) is 0 Å². The van der Waals surface area contributed by atoms with E-state index in [-0.39, 0.29) is 18.4 Å². The second-order valence-electron chi connectivity index (χ2n) is 10.6. The molecule has 2 aliphatic carbocycles. The fourth-order valence-electron chi connectivity index (χ4n) is 5.55. The standard InChI is InChI=1S/C26H39N4O7P/c1-17(31)28-22(15-18-9-11-19(12-10-18)16-38(35,36)37)24(33)30-26(13-5-2-6-14-26)25(34)29-21-8-4-3-7-20(21)23(27)32/h9-12,20-22H,2-8,13-16H2,1H3,(H2,27,32)(H,28,31)(H,29,34)(H,30,33)(H2,35,36,37)/t20-,21+,22-/m0/s1. The molecule has 11 nitrogen and oxygen atoms in total. The van der Waals surface area contributed by atoms with E-state index >= 15 is 0 Å². The number of carbonyl (C=O) groups excluding carboxylic acids is 4. The Morgan fingerprint density at radius 3 is 2.18 bits per heavy atom. The third-order valence-electron chi connectivity index (χ3n) is 7.50. The average molecular weight is 551 g/mol. The van der Waals surface area contributed by atoms with Crippen LogP contribution >= 0.6 is 7.60 Å². The van der Waals surface area contributed by atoms with Crippen molar-refractivity contribution in [1.29, 1.82) is 0 Å². The number of nitrogens with two attached hydrogens (primary N) is 1. The molecular weight excluding hydrogens is 511 g/mol. The van der Waals surface area contributed by atoms with Gasteiger partial charge in [0.1, 0.15) is 11.6 Å². The van der Waals surface area contributed by atoms with Gasteiger partial charge in [0.05, 0.1) is 12.1 Å². The Morgan fingerprint density at radius 2 is 1.61 bits per heavy atom.